The number of carbonyl (C=O) groups is 1. The molecule has 0 fully saturated rings. The minimum absolute atomic E-state index is 0.305. The first-order chi connectivity index (χ1) is 11.1. The summed E-state index contributed by atoms with van der Waals surface area (Å²) in [5, 5.41) is 8.82. The Balaban J connectivity index is 1.82. The first kappa shape index (κ1) is 15.4. The van der Waals surface area contributed by atoms with Crippen molar-refractivity contribution in [1.29, 1.82) is 0 Å². The highest BCUT2D eigenvalue weighted by atomic mass is 32.1. The molecule has 0 atom stereocenters. The van der Waals surface area contributed by atoms with Crippen LogP contribution in [0.15, 0.2) is 34.2 Å². The summed E-state index contributed by atoms with van der Waals surface area (Å²) in [6.45, 7) is 3.60. The van der Waals surface area contributed by atoms with Crippen LogP contribution in [0.4, 0.5) is 9.52 Å². The Morgan fingerprint density at radius 1 is 1.43 bits per heavy atom. The van der Waals surface area contributed by atoms with Crippen LogP contribution in [0.25, 0.3) is 11.3 Å². The Labute approximate surface area is 136 Å². The molecule has 0 saturated heterocycles. The molecule has 0 spiro atoms. The summed E-state index contributed by atoms with van der Waals surface area (Å²) < 4.78 is 18.3. The van der Waals surface area contributed by atoms with E-state index in [1.807, 2.05) is 6.92 Å². The van der Waals surface area contributed by atoms with Crippen LogP contribution in [0.2, 0.25) is 0 Å². The molecule has 0 saturated carbocycles. The standard InChI is InChI=1S/C16H14FN3O2S/c1-3-12-14(9(2)22-20-12)15(21)19-16-18-13(8-23-16)10-5-4-6-11(17)7-10/h4-8H,3H2,1-2H3,(H,18,19,21). The van der Waals surface area contributed by atoms with Gasteiger partial charge in [0.1, 0.15) is 17.1 Å². The van der Waals surface area contributed by atoms with Crippen LogP contribution in [0.3, 0.4) is 0 Å². The normalized spacial score (nSPS) is 10.7. The zero-order valence-electron chi connectivity index (χ0n) is 12.6. The Morgan fingerprint density at radius 2 is 2.26 bits per heavy atom. The van der Waals surface area contributed by atoms with Crippen molar-refractivity contribution in [2.24, 2.45) is 0 Å². The third-order valence-corrected chi connectivity index (χ3v) is 4.10. The van der Waals surface area contributed by atoms with Crippen LogP contribution >= 0.6 is 11.3 Å². The van der Waals surface area contributed by atoms with Crippen LogP contribution in [0.1, 0.15) is 28.7 Å². The van der Waals surface area contributed by atoms with Gasteiger partial charge in [0.2, 0.25) is 0 Å². The number of hydrogen-bond acceptors (Lipinski definition) is 5. The van der Waals surface area contributed by atoms with Crippen LogP contribution in [-0.2, 0) is 6.42 Å². The van der Waals surface area contributed by atoms with Crippen LogP contribution in [-0.4, -0.2) is 16.0 Å². The fourth-order valence-electron chi connectivity index (χ4n) is 2.22. The predicted molar refractivity (Wildman–Crippen MR) is 86.1 cm³/mol. The number of aromatic nitrogens is 2. The molecule has 7 heteroatoms. The van der Waals surface area contributed by atoms with Gasteiger partial charge in [0.05, 0.1) is 11.4 Å². The fourth-order valence-corrected chi connectivity index (χ4v) is 2.94. The molecule has 3 rings (SSSR count). The van der Waals surface area contributed by atoms with Crippen molar-refractivity contribution in [2.45, 2.75) is 20.3 Å². The highest BCUT2D eigenvalue weighted by Crippen LogP contribution is 2.26. The van der Waals surface area contributed by atoms with E-state index in [-0.39, 0.29) is 11.7 Å². The second-order valence-electron chi connectivity index (χ2n) is 4.92. The van der Waals surface area contributed by atoms with E-state index in [9.17, 15) is 9.18 Å². The summed E-state index contributed by atoms with van der Waals surface area (Å²) in [7, 11) is 0. The molecule has 118 valence electrons. The number of benzene rings is 1. The van der Waals surface area contributed by atoms with Crippen molar-refractivity contribution in [3.8, 4) is 11.3 Å². The molecule has 0 aliphatic rings. The van der Waals surface area contributed by atoms with E-state index in [1.165, 1.54) is 23.5 Å². The molecular formula is C16H14FN3O2S. The lowest BCUT2D eigenvalue weighted by Gasteiger charge is -2.01. The summed E-state index contributed by atoms with van der Waals surface area (Å²) in [5.74, 6) is -0.157. The van der Waals surface area contributed by atoms with Gasteiger partial charge >= 0.3 is 0 Å². The molecule has 0 radical (unpaired) electrons. The molecule has 2 heterocycles. The summed E-state index contributed by atoms with van der Waals surface area (Å²) >= 11 is 1.28. The van der Waals surface area contributed by atoms with Gasteiger partial charge in [-0.1, -0.05) is 24.2 Å². The number of rotatable bonds is 4. The van der Waals surface area contributed by atoms with Crippen molar-refractivity contribution in [3.05, 3.63) is 52.5 Å². The highest BCUT2D eigenvalue weighted by Gasteiger charge is 2.20. The largest absolute Gasteiger partial charge is 0.361 e. The average Bonchev–Trinajstić information content (AvgIpc) is 3.13. The third kappa shape index (κ3) is 3.14. The molecule has 0 bridgehead atoms. The number of hydrogen-bond donors (Lipinski definition) is 1. The molecule has 1 amide bonds. The SMILES string of the molecule is CCc1noc(C)c1C(=O)Nc1nc(-c2cccc(F)c2)cs1. The number of nitrogens with zero attached hydrogens (tertiary/aromatic N) is 2. The molecule has 23 heavy (non-hydrogen) atoms. The number of thiazole rings is 1. The van der Waals surface area contributed by atoms with Gasteiger partial charge in [0, 0.05) is 10.9 Å². The number of anilines is 1. The van der Waals surface area contributed by atoms with E-state index < -0.39 is 0 Å². The Morgan fingerprint density at radius 3 is 3.00 bits per heavy atom. The van der Waals surface area contributed by atoms with E-state index in [2.05, 4.69) is 15.5 Å². The lowest BCUT2D eigenvalue weighted by molar-refractivity contribution is 0.102. The molecule has 0 aliphatic carbocycles. The third-order valence-electron chi connectivity index (χ3n) is 3.34. The second-order valence-corrected chi connectivity index (χ2v) is 5.77. The van der Waals surface area contributed by atoms with Gasteiger partial charge in [-0.3, -0.25) is 10.1 Å². The van der Waals surface area contributed by atoms with E-state index in [4.69, 9.17) is 4.52 Å². The first-order valence-corrected chi connectivity index (χ1v) is 7.94. The van der Waals surface area contributed by atoms with E-state index in [0.717, 1.165) is 0 Å². The molecule has 5 nitrogen and oxygen atoms in total. The number of halogens is 1. The molecule has 3 aromatic rings. The second kappa shape index (κ2) is 6.29. The fraction of sp³-hybridized carbons (Fsp3) is 0.188. The van der Waals surface area contributed by atoms with Gasteiger partial charge in [-0.2, -0.15) is 0 Å². The molecule has 1 aromatic carbocycles. The smallest absolute Gasteiger partial charge is 0.262 e. The van der Waals surface area contributed by atoms with Gasteiger partial charge in [0.15, 0.2) is 5.13 Å². The van der Waals surface area contributed by atoms with Crippen LogP contribution < -0.4 is 5.32 Å². The van der Waals surface area contributed by atoms with Crippen LogP contribution in [0, 0.1) is 12.7 Å². The quantitative estimate of drug-likeness (QED) is 0.783. The van der Waals surface area contributed by atoms with E-state index in [0.29, 0.717) is 39.8 Å². The summed E-state index contributed by atoms with van der Waals surface area (Å²) in [6.07, 6.45) is 0.604. The van der Waals surface area contributed by atoms with E-state index in [1.54, 1.807) is 24.4 Å². The number of nitrogens with one attached hydrogen (secondary N) is 1. The molecule has 0 unspecified atom stereocenters. The Kier molecular flexibility index (Phi) is 4.20. The molecule has 2 aromatic heterocycles. The van der Waals surface area contributed by atoms with Crippen molar-refractivity contribution in [1.82, 2.24) is 10.1 Å². The zero-order valence-corrected chi connectivity index (χ0v) is 13.4. The van der Waals surface area contributed by atoms with Gasteiger partial charge < -0.3 is 4.52 Å². The van der Waals surface area contributed by atoms with Crippen molar-refractivity contribution >= 4 is 22.4 Å². The Bertz CT molecular complexity index is 857. The number of aryl methyl sites for hydroxylation is 2. The number of carbonyl (C=O) groups excluding carboxylic acids is 1. The lowest BCUT2D eigenvalue weighted by atomic mass is 10.1. The Hall–Kier alpha value is -2.54. The topological polar surface area (TPSA) is 68.0 Å². The maximum atomic E-state index is 13.3. The van der Waals surface area contributed by atoms with Crippen molar-refractivity contribution in [2.75, 3.05) is 5.32 Å². The zero-order chi connectivity index (χ0) is 16.4. The average molecular weight is 331 g/mol. The lowest BCUT2D eigenvalue weighted by Crippen LogP contribution is -2.14. The molecule has 1 N–H and O–H groups in total. The van der Waals surface area contributed by atoms with Gasteiger partial charge in [-0.15, -0.1) is 11.3 Å². The molecular weight excluding hydrogens is 317 g/mol. The first-order valence-electron chi connectivity index (χ1n) is 7.06. The van der Waals surface area contributed by atoms with Gasteiger partial charge in [-0.25, -0.2) is 9.37 Å². The van der Waals surface area contributed by atoms with Crippen molar-refractivity contribution in [3.63, 3.8) is 0 Å². The van der Waals surface area contributed by atoms with Crippen LogP contribution in [0.5, 0.6) is 0 Å². The highest BCUT2D eigenvalue weighted by molar-refractivity contribution is 7.14. The summed E-state index contributed by atoms with van der Waals surface area (Å²) in [4.78, 5) is 16.7. The summed E-state index contributed by atoms with van der Waals surface area (Å²) in [5.41, 5.74) is 2.33. The van der Waals surface area contributed by atoms with E-state index >= 15 is 0 Å². The number of amides is 1. The maximum absolute atomic E-state index is 13.3. The predicted octanol–water partition coefficient (Wildman–Crippen LogP) is 4.06. The maximum Gasteiger partial charge on any atom is 0.262 e. The van der Waals surface area contributed by atoms with Gasteiger partial charge in [-0.05, 0) is 25.5 Å². The van der Waals surface area contributed by atoms with Gasteiger partial charge in [0.25, 0.3) is 5.91 Å². The van der Waals surface area contributed by atoms with Crippen molar-refractivity contribution < 1.29 is 13.7 Å². The summed E-state index contributed by atoms with van der Waals surface area (Å²) in [6, 6.07) is 6.17. The molecule has 0 aliphatic heterocycles. The minimum Gasteiger partial charge on any atom is -0.361 e. The minimum atomic E-state index is -0.325. The monoisotopic (exact) mass is 331 g/mol.